The number of aryl methyl sites for hydroxylation is 1. The minimum Gasteiger partial charge on any atom is -0.490 e. The van der Waals surface area contributed by atoms with Crippen molar-refractivity contribution >= 4 is 73.9 Å². The summed E-state index contributed by atoms with van der Waals surface area (Å²) >= 11 is 8.30. The van der Waals surface area contributed by atoms with Crippen LogP contribution in [0.3, 0.4) is 0 Å². The highest BCUT2D eigenvalue weighted by atomic mass is 127. The molecule has 0 aliphatic rings. The van der Waals surface area contributed by atoms with Gasteiger partial charge in [0.2, 0.25) is 5.82 Å². The minimum absolute atomic E-state index is 0.206. The molecule has 0 atom stereocenters. The molecule has 4 aromatic carbocycles. The number of carbonyl (C=O) groups excluding carboxylic acids is 1. The van der Waals surface area contributed by atoms with Gasteiger partial charge in [-0.3, -0.25) is 9.59 Å². The quantitative estimate of drug-likeness (QED) is 0.121. The summed E-state index contributed by atoms with van der Waals surface area (Å²) in [6.07, 6.45) is 1.54. The number of nitrogens with zero attached hydrogens (tertiary/aromatic N) is 3. The van der Waals surface area contributed by atoms with Gasteiger partial charge in [0.05, 0.1) is 27.3 Å². The lowest BCUT2D eigenvalue weighted by Gasteiger charge is -2.15. The van der Waals surface area contributed by atoms with E-state index >= 15 is 0 Å². The lowest BCUT2D eigenvalue weighted by atomic mass is 10.2. The number of para-hydroxylation sites is 2. The van der Waals surface area contributed by atoms with Crippen LogP contribution >= 0.6 is 34.2 Å². The molecule has 6 aromatic rings. The van der Waals surface area contributed by atoms with Crippen molar-refractivity contribution in [3.63, 3.8) is 0 Å². The molecule has 2 aromatic heterocycles. The highest BCUT2D eigenvalue weighted by Crippen LogP contribution is 2.34. The molecule has 0 fully saturated rings. The Morgan fingerprint density at radius 1 is 1.07 bits per heavy atom. The Kier molecular flexibility index (Phi) is 8.85. The number of benzene rings is 4. The number of amides is 1. The predicted molar refractivity (Wildman–Crippen MR) is 185 cm³/mol. The van der Waals surface area contributed by atoms with Crippen LogP contribution in [0.15, 0.2) is 99.2 Å². The van der Waals surface area contributed by atoms with Gasteiger partial charge in [0.25, 0.3) is 11.5 Å². The van der Waals surface area contributed by atoms with Crippen molar-refractivity contribution in [2.45, 2.75) is 13.8 Å². The van der Waals surface area contributed by atoms with Gasteiger partial charge in [-0.05, 0) is 102 Å². The van der Waals surface area contributed by atoms with Crippen LogP contribution in [0.4, 0.5) is 5.69 Å². The zero-order valence-corrected chi connectivity index (χ0v) is 27.1. The smallest absolute Gasteiger partial charge is 0.282 e. The van der Waals surface area contributed by atoms with Crippen molar-refractivity contribution in [1.29, 1.82) is 0 Å². The van der Waals surface area contributed by atoms with Crippen LogP contribution in [0.25, 0.3) is 33.5 Å². The molecule has 0 bridgehead atoms. The lowest BCUT2D eigenvalue weighted by molar-refractivity contribution is -0.118. The first-order chi connectivity index (χ1) is 21.8. The van der Waals surface area contributed by atoms with Crippen LogP contribution in [-0.2, 0) is 4.79 Å². The molecular weight excluding hydrogens is 707 g/mol. The third-order valence-corrected chi connectivity index (χ3v) is 7.91. The lowest BCUT2D eigenvalue weighted by Crippen LogP contribution is -2.21. The van der Waals surface area contributed by atoms with Gasteiger partial charge in [-0.2, -0.15) is 9.78 Å². The number of hydrogen-bond acceptors (Lipinski definition) is 7. The zero-order chi connectivity index (χ0) is 31.5. The van der Waals surface area contributed by atoms with Gasteiger partial charge in [0.15, 0.2) is 23.9 Å². The van der Waals surface area contributed by atoms with E-state index < -0.39 is 0 Å². The van der Waals surface area contributed by atoms with Crippen LogP contribution in [-0.4, -0.2) is 35.0 Å². The fourth-order valence-corrected chi connectivity index (χ4v) is 5.70. The monoisotopic (exact) mass is 732 g/mol. The number of aromatic nitrogens is 2. The molecule has 0 unspecified atom stereocenters. The molecule has 0 saturated heterocycles. The molecule has 45 heavy (non-hydrogen) atoms. The largest absolute Gasteiger partial charge is 0.490 e. The first kappa shape index (κ1) is 30.4. The summed E-state index contributed by atoms with van der Waals surface area (Å²) in [6.45, 7) is 3.94. The number of ether oxygens (including phenoxy) is 2. The van der Waals surface area contributed by atoms with E-state index in [0.717, 1.165) is 16.6 Å². The van der Waals surface area contributed by atoms with E-state index in [-0.39, 0.29) is 23.9 Å². The highest BCUT2D eigenvalue weighted by molar-refractivity contribution is 14.1. The van der Waals surface area contributed by atoms with Crippen molar-refractivity contribution in [2.24, 2.45) is 5.10 Å². The van der Waals surface area contributed by atoms with E-state index in [2.05, 4.69) is 33.0 Å². The standard InChI is InChI=1S/C34H26ClIN4O5/c1-3-43-29-15-21(14-25(36)32(29)44-19-31(41)38-26-10-6-4-8-20(26)2)18-37-40-33(39-27-11-7-5-9-24(27)34(40)42)30-17-22-16-23(35)12-13-28(22)45-30/h4-18H,3,19H2,1-2H3,(H,38,41). The number of anilines is 1. The maximum Gasteiger partial charge on any atom is 0.282 e. The molecule has 0 radical (unpaired) electrons. The second kappa shape index (κ2) is 13.1. The van der Waals surface area contributed by atoms with Gasteiger partial charge < -0.3 is 19.2 Å². The van der Waals surface area contributed by atoms with Crippen molar-refractivity contribution in [3.05, 3.63) is 115 Å². The Morgan fingerprint density at radius 2 is 1.87 bits per heavy atom. The molecule has 0 saturated carbocycles. The molecule has 2 heterocycles. The average Bonchev–Trinajstić information content (AvgIpc) is 3.44. The third kappa shape index (κ3) is 6.57. The maximum absolute atomic E-state index is 13.7. The van der Waals surface area contributed by atoms with Crippen LogP contribution in [0.2, 0.25) is 5.02 Å². The number of halogens is 2. The number of fused-ring (bicyclic) bond motifs is 2. The van der Waals surface area contributed by atoms with Crippen LogP contribution in [0.5, 0.6) is 11.5 Å². The van der Waals surface area contributed by atoms with Crippen molar-refractivity contribution < 1.29 is 18.7 Å². The number of hydrogen-bond donors (Lipinski definition) is 1. The first-order valence-corrected chi connectivity index (χ1v) is 15.5. The van der Waals surface area contributed by atoms with E-state index in [1.165, 1.54) is 4.68 Å². The van der Waals surface area contributed by atoms with Crippen LogP contribution in [0.1, 0.15) is 18.1 Å². The summed E-state index contributed by atoms with van der Waals surface area (Å²) < 4.78 is 19.8. The van der Waals surface area contributed by atoms with Crippen molar-refractivity contribution in [1.82, 2.24) is 9.66 Å². The van der Waals surface area contributed by atoms with Gasteiger partial charge in [-0.1, -0.05) is 41.9 Å². The van der Waals surface area contributed by atoms with Crippen molar-refractivity contribution in [2.75, 3.05) is 18.5 Å². The third-order valence-electron chi connectivity index (χ3n) is 6.87. The molecule has 9 nitrogen and oxygen atoms in total. The van der Waals surface area contributed by atoms with Crippen LogP contribution in [0, 0.1) is 10.5 Å². The van der Waals surface area contributed by atoms with Crippen molar-refractivity contribution in [3.8, 4) is 23.1 Å². The van der Waals surface area contributed by atoms with Gasteiger partial charge in [0, 0.05) is 16.1 Å². The van der Waals surface area contributed by atoms with Gasteiger partial charge in [-0.25, -0.2) is 4.98 Å². The molecule has 1 amide bonds. The van der Waals surface area contributed by atoms with Gasteiger partial charge in [-0.15, -0.1) is 0 Å². The molecule has 226 valence electrons. The number of nitrogens with one attached hydrogen (secondary N) is 1. The SMILES string of the molecule is CCOc1cc(C=Nn2c(-c3cc4cc(Cl)ccc4o3)nc3ccccc3c2=O)cc(I)c1OCC(=O)Nc1ccccc1C. The first-order valence-electron chi connectivity index (χ1n) is 14.0. The van der Waals surface area contributed by atoms with Crippen LogP contribution < -0.4 is 20.3 Å². The normalized spacial score (nSPS) is 11.4. The highest BCUT2D eigenvalue weighted by Gasteiger charge is 2.18. The zero-order valence-electron chi connectivity index (χ0n) is 24.2. The van der Waals surface area contributed by atoms with E-state index in [1.807, 2.05) is 50.2 Å². The fraction of sp³-hybridized carbons (Fsp3) is 0.118. The van der Waals surface area contributed by atoms with E-state index in [4.69, 9.17) is 30.5 Å². The molecule has 6 rings (SSSR count). The summed E-state index contributed by atoms with van der Waals surface area (Å²) in [7, 11) is 0. The number of rotatable bonds is 9. The summed E-state index contributed by atoms with van der Waals surface area (Å²) in [5.41, 5.74) is 3.08. The molecule has 1 N–H and O–H groups in total. The molecule has 11 heteroatoms. The summed E-state index contributed by atoms with van der Waals surface area (Å²) in [4.78, 5) is 31.0. The number of furan rings is 1. The Hall–Kier alpha value is -4.68. The maximum atomic E-state index is 13.7. The summed E-state index contributed by atoms with van der Waals surface area (Å²) in [5, 5.41) is 9.18. The molecule has 0 aliphatic heterocycles. The number of carbonyl (C=O) groups is 1. The minimum atomic E-state index is -0.357. The van der Waals surface area contributed by atoms with Gasteiger partial charge >= 0.3 is 0 Å². The molecule has 0 spiro atoms. The Balaban J connectivity index is 1.33. The van der Waals surface area contributed by atoms with E-state index in [0.29, 0.717) is 54.5 Å². The predicted octanol–water partition coefficient (Wildman–Crippen LogP) is 7.67. The van der Waals surface area contributed by atoms with E-state index in [9.17, 15) is 9.59 Å². The topological polar surface area (TPSA) is 108 Å². The second-order valence-corrected chi connectivity index (χ2v) is 11.6. The summed E-state index contributed by atoms with van der Waals surface area (Å²) in [5.74, 6) is 1.18. The fourth-order valence-electron chi connectivity index (χ4n) is 4.74. The van der Waals surface area contributed by atoms with E-state index in [1.54, 1.807) is 54.7 Å². The Bertz CT molecular complexity index is 2160. The Labute approximate surface area is 276 Å². The van der Waals surface area contributed by atoms with Gasteiger partial charge in [0.1, 0.15) is 5.58 Å². The second-order valence-electron chi connectivity index (χ2n) is 10.0. The Morgan fingerprint density at radius 3 is 2.69 bits per heavy atom. The average molecular weight is 733 g/mol. The molecule has 0 aliphatic carbocycles. The molecular formula is C34H26ClIN4O5. The summed E-state index contributed by atoms with van der Waals surface area (Å²) in [6, 6.07) is 25.2.